The Kier molecular flexibility index (Phi) is 6.03. The number of carbonyl (C=O) groups is 2. The highest BCUT2D eigenvalue weighted by atomic mass is 35.5. The van der Waals surface area contributed by atoms with Gasteiger partial charge in [-0.25, -0.2) is 9.59 Å². The van der Waals surface area contributed by atoms with Gasteiger partial charge in [0.1, 0.15) is 12.4 Å². The van der Waals surface area contributed by atoms with E-state index in [-0.39, 0.29) is 12.3 Å². The van der Waals surface area contributed by atoms with Gasteiger partial charge >= 0.3 is 12.1 Å². The van der Waals surface area contributed by atoms with Gasteiger partial charge in [-0.2, -0.15) is 0 Å². The number of carboxylic acids is 1. The second kappa shape index (κ2) is 8.21. The van der Waals surface area contributed by atoms with Crippen LogP contribution in [0.5, 0.6) is 5.75 Å². The molecule has 0 saturated heterocycles. The average Bonchev–Trinajstić information content (AvgIpc) is 2.55. The number of ether oxygens (including phenoxy) is 2. The van der Waals surface area contributed by atoms with Gasteiger partial charge in [-0.15, -0.1) is 0 Å². The predicted molar refractivity (Wildman–Crippen MR) is 89.6 cm³/mol. The quantitative estimate of drug-likeness (QED) is 0.827. The Morgan fingerprint density at radius 2 is 1.92 bits per heavy atom. The normalized spacial score (nSPS) is 10.1. The molecule has 2 aromatic carbocycles. The number of amides is 1. The summed E-state index contributed by atoms with van der Waals surface area (Å²) in [5.41, 5.74) is 1.79. The zero-order valence-electron chi connectivity index (χ0n) is 12.9. The van der Waals surface area contributed by atoms with Gasteiger partial charge in [0.2, 0.25) is 0 Å². The standard InChI is InChI=1S/C17H16ClNO5/c1-11-7-13(18)14(8-15(11)23-10-16(20)21)19-17(22)24-9-12-5-3-2-4-6-12/h2-8H,9-10H2,1H3,(H,19,22)(H,20,21). The maximum absolute atomic E-state index is 11.9. The Labute approximate surface area is 144 Å². The van der Waals surface area contributed by atoms with Crippen molar-refractivity contribution in [3.05, 3.63) is 58.6 Å². The van der Waals surface area contributed by atoms with Crippen molar-refractivity contribution in [2.45, 2.75) is 13.5 Å². The van der Waals surface area contributed by atoms with Crippen LogP contribution in [0, 0.1) is 6.92 Å². The van der Waals surface area contributed by atoms with E-state index in [4.69, 9.17) is 26.2 Å². The van der Waals surface area contributed by atoms with Crippen LogP contribution in [0.1, 0.15) is 11.1 Å². The van der Waals surface area contributed by atoms with Crippen molar-refractivity contribution in [3.63, 3.8) is 0 Å². The molecular weight excluding hydrogens is 334 g/mol. The molecule has 0 heterocycles. The van der Waals surface area contributed by atoms with Crippen molar-refractivity contribution in [2.24, 2.45) is 0 Å². The second-order valence-corrected chi connectivity index (χ2v) is 5.37. The third kappa shape index (κ3) is 5.17. The molecule has 0 spiro atoms. The zero-order chi connectivity index (χ0) is 17.5. The van der Waals surface area contributed by atoms with Crippen LogP contribution < -0.4 is 10.1 Å². The molecule has 0 aromatic heterocycles. The SMILES string of the molecule is Cc1cc(Cl)c(NC(=O)OCc2ccccc2)cc1OCC(=O)O. The summed E-state index contributed by atoms with van der Waals surface area (Å²) in [7, 11) is 0. The maximum atomic E-state index is 11.9. The van der Waals surface area contributed by atoms with E-state index in [9.17, 15) is 9.59 Å². The monoisotopic (exact) mass is 349 g/mol. The molecular formula is C17H16ClNO5. The number of benzene rings is 2. The van der Waals surface area contributed by atoms with Crippen LogP contribution in [0.3, 0.4) is 0 Å². The van der Waals surface area contributed by atoms with Crippen molar-refractivity contribution >= 4 is 29.4 Å². The summed E-state index contributed by atoms with van der Waals surface area (Å²) in [5.74, 6) is -0.777. The van der Waals surface area contributed by atoms with E-state index in [0.717, 1.165) is 5.56 Å². The van der Waals surface area contributed by atoms with E-state index in [1.54, 1.807) is 13.0 Å². The number of anilines is 1. The number of halogens is 1. The smallest absolute Gasteiger partial charge is 0.412 e. The van der Waals surface area contributed by atoms with Gasteiger partial charge in [0.15, 0.2) is 6.61 Å². The van der Waals surface area contributed by atoms with Crippen LogP contribution in [0.2, 0.25) is 5.02 Å². The topological polar surface area (TPSA) is 84.9 Å². The van der Waals surface area contributed by atoms with E-state index in [1.165, 1.54) is 6.07 Å². The molecule has 0 unspecified atom stereocenters. The number of nitrogens with one attached hydrogen (secondary N) is 1. The van der Waals surface area contributed by atoms with Crippen LogP contribution in [0.15, 0.2) is 42.5 Å². The van der Waals surface area contributed by atoms with Crippen molar-refractivity contribution in [1.29, 1.82) is 0 Å². The highest BCUT2D eigenvalue weighted by molar-refractivity contribution is 6.33. The molecule has 0 saturated carbocycles. The Balaban J connectivity index is 2.01. The number of aliphatic carboxylic acids is 1. The summed E-state index contributed by atoms with van der Waals surface area (Å²) in [4.78, 5) is 22.5. The first-order valence-corrected chi connectivity index (χ1v) is 7.46. The molecule has 24 heavy (non-hydrogen) atoms. The lowest BCUT2D eigenvalue weighted by Gasteiger charge is -2.13. The van der Waals surface area contributed by atoms with Crippen molar-refractivity contribution in [1.82, 2.24) is 0 Å². The van der Waals surface area contributed by atoms with E-state index in [0.29, 0.717) is 16.3 Å². The minimum atomic E-state index is -1.10. The first kappa shape index (κ1) is 17.6. The van der Waals surface area contributed by atoms with Crippen LogP contribution in [-0.2, 0) is 16.1 Å². The summed E-state index contributed by atoms with van der Waals surface area (Å²) in [6.07, 6.45) is -0.672. The zero-order valence-corrected chi connectivity index (χ0v) is 13.7. The number of carboxylic acid groups (broad SMARTS) is 1. The summed E-state index contributed by atoms with van der Waals surface area (Å²) < 4.78 is 10.3. The molecule has 0 aliphatic heterocycles. The molecule has 2 rings (SSSR count). The lowest BCUT2D eigenvalue weighted by molar-refractivity contribution is -0.139. The van der Waals surface area contributed by atoms with Crippen LogP contribution in [0.4, 0.5) is 10.5 Å². The summed E-state index contributed by atoms with van der Waals surface area (Å²) in [5, 5.41) is 11.5. The van der Waals surface area contributed by atoms with E-state index in [2.05, 4.69) is 5.32 Å². The third-order valence-corrected chi connectivity index (χ3v) is 3.38. The van der Waals surface area contributed by atoms with Gasteiger partial charge in [-0.3, -0.25) is 5.32 Å². The largest absolute Gasteiger partial charge is 0.482 e. The van der Waals surface area contributed by atoms with Crippen LogP contribution >= 0.6 is 11.6 Å². The number of aryl methyl sites for hydroxylation is 1. The predicted octanol–water partition coefficient (Wildman–Crippen LogP) is 3.86. The van der Waals surface area contributed by atoms with E-state index >= 15 is 0 Å². The first-order valence-electron chi connectivity index (χ1n) is 7.08. The Hall–Kier alpha value is -2.73. The fourth-order valence-corrected chi connectivity index (χ4v) is 2.18. The molecule has 126 valence electrons. The minimum absolute atomic E-state index is 0.124. The summed E-state index contributed by atoms with van der Waals surface area (Å²) >= 11 is 6.08. The van der Waals surface area contributed by atoms with Gasteiger partial charge in [0.25, 0.3) is 0 Å². The molecule has 2 N–H and O–H groups in total. The van der Waals surface area contributed by atoms with Crippen LogP contribution in [-0.4, -0.2) is 23.8 Å². The molecule has 0 atom stereocenters. The fraction of sp³-hybridized carbons (Fsp3) is 0.176. The molecule has 0 aliphatic rings. The molecule has 2 aromatic rings. The van der Waals surface area contributed by atoms with Gasteiger partial charge in [-0.05, 0) is 24.1 Å². The molecule has 0 bridgehead atoms. The number of hydrogen-bond acceptors (Lipinski definition) is 4. The minimum Gasteiger partial charge on any atom is -0.482 e. The third-order valence-electron chi connectivity index (χ3n) is 3.07. The lowest BCUT2D eigenvalue weighted by atomic mass is 10.2. The Bertz CT molecular complexity index is 733. The van der Waals surface area contributed by atoms with Crippen molar-refractivity contribution in [2.75, 3.05) is 11.9 Å². The molecule has 0 fully saturated rings. The Morgan fingerprint density at radius 3 is 2.58 bits per heavy atom. The van der Waals surface area contributed by atoms with Gasteiger partial charge in [0, 0.05) is 6.07 Å². The second-order valence-electron chi connectivity index (χ2n) is 4.97. The average molecular weight is 350 g/mol. The molecule has 0 radical (unpaired) electrons. The highest BCUT2D eigenvalue weighted by Crippen LogP contribution is 2.30. The number of carbonyl (C=O) groups excluding carboxylic acids is 1. The van der Waals surface area contributed by atoms with E-state index in [1.807, 2.05) is 30.3 Å². The molecule has 1 amide bonds. The van der Waals surface area contributed by atoms with Gasteiger partial charge < -0.3 is 14.6 Å². The molecule has 7 heteroatoms. The van der Waals surface area contributed by atoms with Crippen molar-refractivity contribution < 1.29 is 24.2 Å². The number of rotatable bonds is 6. The van der Waals surface area contributed by atoms with E-state index < -0.39 is 18.7 Å². The molecule has 0 aliphatic carbocycles. The van der Waals surface area contributed by atoms with Gasteiger partial charge in [0.05, 0.1) is 10.7 Å². The van der Waals surface area contributed by atoms with Crippen molar-refractivity contribution in [3.8, 4) is 5.75 Å². The maximum Gasteiger partial charge on any atom is 0.412 e. The summed E-state index contributed by atoms with van der Waals surface area (Å²) in [6.45, 7) is 1.36. The first-order chi connectivity index (χ1) is 11.5. The number of hydrogen-bond donors (Lipinski definition) is 2. The van der Waals surface area contributed by atoms with Crippen LogP contribution in [0.25, 0.3) is 0 Å². The fourth-order valence-electron chi connectivity index (χ4n) is 1.91. The molecule has 6 nitrogen and oxygen atoms in total. The lowest BCUT2D eigenvalue weighted by Crippen LogP contribution is -2.14. The Morgan fingerprint density at radius 1 is 1.21 bits per heavy atom. The summed E-state index contributed by atoms with van der Waals surface area (Å²) in [6, 6.07) is 12.3. The van der Waals surface area contributed by atoms with Gasteiger partial charge in [-0.1, -0.05) is 41.9 Å². The highest BCUT2D eigenvalue weighted by Gasteiger charge is 2.12.